The predicted octanol–water partition coefficient (Wildman–Crippen LogP) is 2.18. The van der Waals surface area contributed by atoms with Gasteiger partial charge in [-0.2, -0.15) is 0 Å². The number of unbranched alkanes of at least 4 members (excludes halogenated alkanes) is 1. The van der Waals surface area contributed by atoms with Gasteiger partial charge in [-0.3, -0.25) is 4.99 Å². The number of rotatable bonds is 9. The lowest BCUT2D eigenvalue weighted by atomic mass is 10.1. The third kappa shape index (κ3) is 7.74. The standard InChI is InChI=1S/C19H34N4O2S/c1-15(2)23(5)12-8-7-11-21-19(20-4)22-14-17-9-10-18(16(3)13-17)26(6,24)25/h9-10,13,15H,7-8,11-12,14H2,1-6H3,(H2,20,21,22). The SMILES string of the molecule is CN=C(NCCCCN(C)C(C)C)NCc1ccc(S(C)(=O)=O)c(C)c1. The number of hydrogen-bond donors (Lipinski definition) is 2. The molecule has 1 aromatic rings. The Labute approximate surface area is 159 Å². The van der Waals surface area contributed by atoms with Crippen molar-refractivity contribution in [3.05, 3.63) is 29.3 Å². The van der Waals surface area contributed by atoms with E-state index in [-0.39, 0.29) is 0 Å². The molecule has 2 N–H and O–H groups in total. The smallest absolute Gasteiger partial charge is 0.191 e. The molecular weight excluding hydrogens is 348 g/mol. The molecule has 1 aromatic carbocycles. The molecule has 0 spiro atoms. The summed E-state index contributed by atoms with van der Waals surface area (Å²) in [6.07, 6.45) is 3.46. The molecule has 0 aromatic heterocycles. The number of aryl methyl sites for hydroxylation is 1. The van der Waals surface area contributed by atoms with Crippen LogP contribution in [0.3, 0.4) is 0 Å². The minimum absolute atomic E-state index is 0.384. The summed E-state index contributed by atoms with van der Waals surface area (Å²) >= 11 is 0. The first-order valence-electron chi connectivity index (χ1n) is 9.09. The molecule has 0 fully saturated rings. The second kappa shape index (κ2) is 10.5. The number of guanidine groups is 1. The highest BCUT2D eigenvalue weighted by Gasteiger charge is 2.11. The van der Waals surface area contributed by atoms with Crippen LogP contribution in [0.5, 0.6) is 0 Å². The summed E-state index contributed by atoms with van der Waals surface area (Å²) in [4.78, 5) is 6.96. The Bertz CT molecular complexity index is 699. The van der Waals surface area contributed by atoms with Crippen molar-refractivity contribution in [1.82, 2.24) is 15.5 Å². The van der Waals surface area contributed by atoms with Crippen LogP contribution in [0.1, 0.15) is 37.8 Å². The zero-order chi connectivity index (χ0) is 19.7. The fourth-order valence-electron chi connectivity index (χ4n) is 2.60. The van der Waals surface area contributed by atoms with Crippen LogP contribution in [-0.4, -0.2) is 58.8 Å². The number of sulfone groups is 1. The Kier molecular flexibility index (Phi) is 9.08. The molecule has 0 aliphatic rings. The van der Waals surface area contributed by atoms with Crippen molar-refractivity contribution in [2.75, 3.05) is 33.4 Å². The van der Waals surface area contributed by atoms with Crippen LogP contribution in [0.4, 0.5) is 0 Å². The number of nitrogens with zero attached hydrogens (tertiary/aromatic N) is 2. The van der Waals surface area contributed by atoms with Gasteiger partial charge >= 0.3 is 0 Å². The van der Waals surface area contributed by atoms with E-state index >= 15 is 0 Å². The van der Waals surface area contributed by atoms with Gasteiger partial charge < -0.3 is 15.5 Å². The molecule has 6 nitrogen and oxygen atoms in total. The number of nitrogens with one attached hydrogen (secondary N) is 2. The van der Waals surface area contributed by atoms with Crippen LogP contribution in [-0.2, 0) is 16.4 Å². The van der Waals surface area contributed by atoms with Gasteiger partial charge in [0, 0.05) is 32.4 Å². The van der Waals surface area contributed by atoms with E-state index in [0.717, 1.165) is 43.0 Å². The summed E-state index contributed by atoms with van der Waals surface area (Å²) in [6.45, 7) is 8.79. The zero-order valence-electron chi connectivity index (χ0n) is 17.0. The summed E-state index contributed by atoms with van der Waals surface area (Å²) in [5, 5.41) is 6.59. The summed E-state index contributed by atoms with van der Waals surface area (Å²) < 4.78 is 23.4. The van der Waals surface area contributed by atoms with Crippen LogP contribution in [0, 0.1) is 6.92 Å². The van der Waals surface area contributed by atoms with E-state index in [1.54, 1.807) is 13.1 Å². The molecule has 0 bridgehead atoms. The van der Waals surface area contributed by atoms with Crippen molar-refractivity contribution >= 4 is 15.8 Å². The molecule has 0 atom stereocenters. The molecule has 0 unspecified atom stereocenters. The van der Waals surface area contributed by atoms with Gasteiger partial charge in [-0.25, -0.2) is 8.42 Å². The Hall–Kier alpha value is -1.60. The van der Waals surface area contributed by atoms with Gasteiger partial charge in [-0.05, 0) is 64.4 Å². The topological polar surface area (TPSA) is 73.8 Å². The highest BCUT2D eigenvalue weighted by Crippen LogP contribution is 2.16. The van der Waals surface area contributed by atoms with E-state index in [1.165, 1.54) is 6.26 Å². The first-order chi connectivity index (χ1) is 12.1. The summed E-state index contributed by atoms with van der Waals surface area (Å²) in [6, 6.07) is 5.99. The molecule has 148 valence electrons. The number of benzene rings is 1. The highest BCUT2D eigenvalue weighted by atomic mass is 32.2. The monoisotopic (exact) mass is 382 g/mol. The summed E-state index contributed by atoms with van der Waals surface area (Å²) in [5.74, 6) is 0.757. The van der Waals surface area contributed by atoms with E-state index in [0.29, 0.717) is 17.5 Å². The Morgan fingerprint density at radius 1 is 1.23 bits per heavy atom. The lowest BCUT2D eigenvalue weighted by Crippen LogP contribution is -2.37. The van der Waals surface area contributed by atoms with Gasteiger partial charge in [0.05, 0.1) is 4.90 Å². The largest absolute Gasteiger partial charge is 0.356 e. The number of aliphatic imine (C=N–C) groups is 1. The average molecular weight is 383 g/mol. The Morgan fingerprint density at radius 3 is 2.46 bits per heavy atom. The fourth-order valence-corrected chi connectivity index (χ4v) is 3.55. The lowest BCUT2D eigenvalue weighted by Gasteiger charge is -2.20. The molecule has 0 heterocycles. The maximum Gasteiger partial charge on any atom is 0.191 e. The maximum atomic E-state index is 11.7. The third-order valence-electron chi connectivity index (χ3n) is 4.43. The molecule has 0 saturated heterocycles. The predicted molar refractivity (Wildman–Crippen MR) is 109 cm³/mol. The van der Waals surface area contributed by atoms with Crippen molar-refractivity contribution in [3.8, 4) is 0 Å². The van der Waals surface area contributed by atoms with Crippen LogP contribution in [0.2, 0.25) is 0 Å². The molecule has 26 heavy (non-hydrogen) atoms. The Morgan fingerprint density at radius 2 is 1.92 bits per heavy atom. The summed E-state index contributed by atoms with van der Waals surface area (Å²) in [5.41, 5.74) is 1.79. The normalized spacial score (nSPS) is 12.7. The minimum Gasteiger partial charge on any atom is -0.356 e. The third-order valence-corrected chi connectivity index (χ3v) is 5.69. The first-order valence-corrected chi connectivity index (χ1v) is 11.0. The van der Waals surface area contributed by atoms with Crippen molar-refractivity contribution in [1.29, 1.82) is 0 Å². The van der Waals surface area contributed by atoms with Crippen LogP contribution in [0.15, 0.2) is 28.1 Å². The molecule has 0 aliphatic heterocycles. The van der Waals surface area contributed by atoms with Gasteiger partial charge in [0.15, 0.2) is 15.8 Å². The van der Waals surface area contributed by atoms with E-state index in [1.807, 2.05) is 19.1 Å². The molecule has 0 radical (unpaired) electrons. The van der Waals surface area contributed by atoms with Gasteiger partial charge in [-0.1, -0.05) is 12.1 Å². The van der Waals surface area contributed by atoms with Crippen molar-refractivity contribution in [2.24, 2.45) is 4.99 Å². The van der Waals surface area contributed by atoms with Gasteiger partial charge in [0.1, 0.15) is 0 Å². The second-order valence-corrected chi connectivity index (χ2v) is 8.99. The molecule has 1 rings (SSSR count). The van der Waals surface area contributed by atoms with Crippen molar-refractivity contribution < 1.29 is 8.42 Å². The lowest BCUT2D eigenvalue weighted by molar-refractivity contribution is 0.268. The van der Waals surface area contributed by atoms with Crippen LogP contribution >= 0.6 is 0 Å². The average Bonchev–Trinajstić information content (AvgIpc) is 2.55. The molecule has 0 amide bonds. The van der Waals surface area contributed by atoms with E-state index in [4.69, 9.17) is 0 Å². The minimum atomic E-state index is -3.18. The molecule has 0 aliphatic carbocycles. The van der Waals surface area contributed by atoms with Gasteiger partial charge in [0.25, 0.3) is 0 Å². The maximum absolute atomic E-state index is 11.7. The molecule has 7 heteroatoms. The van der Waals surface area contributed by atoms with E-state index in [2.05, 4.69) is 41.4 Å². The van der Waals surface area contributed by atoms with E-state index in [9.17, 15) is 8.42 Å². The van der Waals surface area contributed by atoms with Crippen LogP contribution in [0.25, 0.3) is 0 Å². The molecular formula is C19H34N4O2S. The van der Waals surface area contributed by atoms with Gasteiger partial charge in [0.2, 0.25) is 0 Å². The quantitative estimate of drug-likeness (QED) is 0.389. The van der Waals surface area contributed by atoms with Crippen molar-refractivity contribution in [2.45, 2.75) is 51.1 Å². The van der Waals surface area contributed by atoms with E-state index < -0.39 is 9.84 Å². The zero-order valence-corrected chi connectivity index (χ0v) is 17.8. The van der Waals surface area contributed by atoms with Gasteiger partial charge in [-0.15, -0.1) is 0 Å². The van der Waals surface area contributed by atoms with Crippen molar-refractivity contribution in [3.63, 3.8) is 0 Å². The molecule has 0 saturated carbocycles. The summed E-state index contributed by atoms with van der Waals surface area (Å²) in [7, 11) is 0.723. The second-order valence-electron chi connectivity index (χ2n) is 7.01. The van der Waals surface area contributed by atoms with Crippen LogP contribution < -0.4 is 10.6 Å². The highest BCUT2D eigenvalue weighted by molar-refractivity contribution is 7.90. The Balaban J connectivity index is 2.42. The first kappa shape index (κ1) is 22.4. The number of hydrogen-bond acceptors (Lipinski definition) is 4. The fraction of sp³-hybridized carbons (Fsp3) is 0.632.